The number of ether oxygens (including phenoxy) is 12. The van der Waals surface area contributed by atoms with Crippen molar-refractivity contribution in [3.8, 4) is 0 Å². The Hall–Kier alpha value is -9.28. The number of carbonyl (C=O) groups is 10. The molecule has 36 nitrogen and oxygen atoms in total. The summed E-state index contributed by atoms with van der Waals surface area (Å²) in [6, 6.07) is 2.82. The third-order valence-electron chi connectivity index (χ3n) is 20.2. The summed E-state index contributed by atoms with van der Waals surface area (Å²) in [7, 11) is 1.61. The molecule has 3 aromatic rings. The molecule has 0 spiro atoms. The molecule has 0 aliphatic carbocycles. The maximum atomic E-state index is 15.5. The number of urea groups is 1. The molecule has 8 rings (SSSR count). The van der Waals surface area contributed by atoms with Crippen LogP contribution >= 0.6 is 0 Å². The van der Waals surface area contributed by atoms with Gasteiger partial charge in [0.05, 0.1) is 192 Å². The number of morpholine rings is 1. The number of aromatic nitrogens is 4. The van der Waals surface area contributed by atoms with Crippen molar-refractivity contribution in [3.05, 3.63) is 87.0 Å². The van der Waals surface area contributed by atoms with E-state index in [1.165, 1.54) is 35.0 Å². The van der Waals surface area contributed by atoms with Crippen molar-refractivity contribution in [3.63, 3.8) is 0 Å². The number of carbonyl (C=O) groups excluding carboxylic acids is 10. The fourth-order valence-corrected chi connectivity index (χ4v) is 13.6. The smallest absolute Gasteiger partial charge is 0.330 e. The summed E-state index contributed by atoms with van der Waals surface area (Å²) in [5.41, 5.74) is 14.4. The molecule has 9 N–H and O–H groups in total. The molecule has 8 heterocycles. The zero-order valence-corrected chi connectivity index (χ0v) is 68.4. The maximum Gasteiger partial charge on any atom is 0.330 e. The van der Waals surface area contributed by atoms with Crippen LogP contribution in [-0.4, -0.2) is 334 Å². The zero-order chi connectivity index (χ0) is 84.0. The van der Waals surface area contributed by atoms with Crippen LogP contribution in [0.4, 0.5) is 4.79 Å². The van der Waals surface area contributed by atoms with Gasteiger partial charge in [-0.05, 0) is 99.9 Å². The van der Waals surface area contributed by atoms with E-state index in [1.807, 2.05) is 52.8 Å². The number of nitrogens with zero attached hydrogens (tertiary/aromatic N) is 6. The van der Waals surface area contributed by atoms with Crippen molar-refractivity contribution in [1.82, 2.24) is 60.8 Å². The molecular weight excluding hydrogens is 1520 g/mol. The summed E-state index contributed by atoms with van der Waals surface area (Å²) in [6.07, 6.45) is 6.57. The monoisotopic (exact) mass is 1640 g/mol. The molecule has 0 unspecified atom stereocenters. The summed E-state index contributed by atoms with van der Waals surface area (Å²) < 4.78 is 65.9. The van der Waals surface area contributed by atoms with Crippen LogP contribution in [-0.2, 0) is 90.4 Å². The molecule has 5 aliphatic heterocycles. The van der Waals surface area contributed by atoms with Gasteiger partial charge in [-0.2, -0.15) is 0 Å². The molecule has 0 saturated carbocycles. The van der Waals surface area contributed by atoms with E-state index >= 15 is 4.79 Å². The standard InChI is InChI=1S/C81H117N13O23/c1-8-58-53(2)63-51-67-59(12-16-72(100)117-49-48-116-37-34-109-31-26-95)54(3)62(87-67)50-64-55(4)60(75(88-64)74-76-73(56(5)65(89-76)52-66(58)86-63)79(103)94(80(74)104)22-21-92-23-28-107-29-24-92)11-13-69(97)91(7)20-19-83-78(102)61(10-9-18-84-81(82)105)90-77(101)57(6)85-68(96)17-27-106-32-35-110-38-40-112-42-44-114-46-47-115-45-43-113-41-39-111-36-33-108-30-25-93-70(98)14-15-71(93)99/h12,14-16,50-52,55,57,60-61,87,89,95H,8-11,13,17-49H2,1-7H3,(H,83,102)(H,85,96)(H,90,101)(H3,82,84,105)/b16-12+,62-50?,63-51?,64-50?,65-52?,66-52?,67-51?,75-74?/t55-,57-,60-,61-/m0/s1. The molecule has 10 amide bonds. The highest BCUT2D eigenvalue weighted by atomic mass is 16.6. The largest absolute Gasteiger partial charge is 0.460 e. The first kappa shape index (κ1) is 93.2. The Bertz CT molecular complexity index is 4100. The highest BCUT2D eigenvalue weighted by Gasteiger charge is 2.42. The number of nitrogens with two attached hydrogens (primary N) is 1. The number of primary amides is 1. The van der Waals surface area contributed by atoms with Crippen LogP contribution in [0, 0.1) is 13.8 Å². The molecular formula is C81H117N13O23. The molecule has 4 atom stereocenters. The molecule has 0 aromatic carbocycles. The van der Waals surface area contributed by atoms with Gasteiger partial charge in [0.15, 0.2) is 0 Å². The molecule has 644 valence electrons. The lowest BCUT2D eigenvalue weighted by molar-refractivity contribution is -0.140. The fraction of sp³-hybridized carbons (Fsp3) is 0.605. The number of aromatic amines is 2. The van der Waals surface area contributed by atoms with Gasteiger partial charge >= 0.3 is 12.0 Å². The number of nitrogens with one attached hydrogen (secondary N) is 6. The minimum atomic E-state index is -1.12. The predicted octanol–water partition coefficient (Wildman–Crippen LogP) is 2.91. The van der Waals surface area contributed by atoms with E-state index < -0.39 is 65.5 Å². The number of likely N-dealkylation sites (N-methyl/N-ethyl adjacent to an activating group) is 1. The van der Waals surface area contributed by atoms with Gasteiger partial charge < -0.3 is 104 Å². The van der Waals surface area contributed by atoms with E-state index in [-0.39, 0.29) is 154 Å². The van der Waals surface area contributed by atoms with E-state index in [1.54, 1.807) is 13.1 Å². The fourth-order valence-electron chi connectivity index (χ4n) is 13.6. The number of aryl methyl sites for hydroxylation is 2. The summed E-state index contributed by atoms with van der Waals surface area (Å²) in [5, 5.41) is 19.6. The first-order valence-corrected chi connectivity index (χ1v) is 40.2. The number of rotatable bonds is 55. The third kappa shape index (κ3) is 29.0. The highest BCUT2D eigenvalue weighted by molar-refractivity contribution is 6.23. The van der Waals surface area contributed by atoms with Gasteiger partial charge in [-0.25, -0.2) is 14.6 Å². The maximum absolute atomic E-state index is 15.5. The number of fused-ring (bicyclic) bond motifs is 8. The molecule has 1 saturated heterocycles. The van der Waals surface area contributed by atoms with Crippen molar-refractivity contribution in [1.29, 1.82) is 0 Å². The lowest BCUT2D eigenvalue weighted by Gasteiger charge is -2.31. The lowest BCUT2D eigenvalue weighted by Crippen LogP contribution is -2.53. The summed E-state index contributed by atoms with van der Waals surface area (Å²) >= 11 is 0. The summed E-state index contributed by atoms with van der Waals surface area (Å²) in [4.78, 5) is 157. The van der Waals surface area contributed by atoms with Crippen molar-refractivity contribution in [2.24, 2.45) is 5.73 Å². The van der Waals surface area contributed by atoms with Gasteiger partial charge in [0.2, 0.25) is 23.6 Å². The average molecular weight is 1640 g/mol. The highest BCUT2D eigenvalue weighted by Crippen LogP contribution is 2.44. The third-order valence-corrected chi connectivity index (χ3v) is 20.2. The number of aliphatic hydroxyl groups excluding tert-OH is 1. The van der Waals surface area contributed by atoms with E-state index in [4.69, 9.17) is 77.7 Å². The number of aliphatic hydroxyl groups is 1. The van der Waals surface area contributed by atoms with Crippen molar-refractivity contribution in [2.75, 3.05) is 218 Å². The Kier molecular flexibility index (Phi) is 39.7. The first-order chi connectivity index (χ1) is 56.6. The van der Waals surface area contributed by atoms with Crippen LogP contribution in [0.15, 0.2) is 36.4 Å². The van der Waals surface area contributed by atoms with Gasteiger partial charge in [0, 0.05) is 124 Å². The molecule has 36 heteroatoms. The van der Waals surface area contributed by atoms with Crippen LogP contribution in [0.3, 0.4) is 0 Å². The van der Waals surface area contributed by atoms with Crippen molar-refractivity contribution < 1.29 is 110 Å². The summed E-state index contributed by atoms with van der Waals surface area (Å²) in [6.45, 7) is 20.4. The van der Waals surface area contributed by atoms with Gasteiger partial charge in [-0.15, -0.1) is 0 Å². The van der Waals surface area contributed by atoms with E-state index in [9.17, 15) is 43.2 Å². The quantitative estimate of drug-likeness (QED) is 0.0174. The number of allylic oxidation sites excluding steroid dienone is 2. The molecule has 1 fully saturated rings. The SMILES string of the molecule is CCC1=C(C)c2cc3[nH]c(cc4nc(c5c6[nH]c(cc1n2)c(C)c6C(=O)N(CCN1CCOCC1)C5=O)[C@@H](CCC(=O)N(C)CCNC(=O)[C@H](CCCNC(N)=O)NC(=O)[C@H](C)NC(=O)CCOCCOCCOCCOCCOCCOCCOCCOCCN1C(=O)C=CC1=O)[C@@H]4C)c(C)c3/C=C/C(=O)OCCOCCOCCO. The van der Waals surface area contributed by atoms with E-state index in [2.05, 4.69) is 36.1 Å². The molecule has 0 radical (unpaired) electrons. The zero-order valence-electron chi connectivity index (χ0n) is 68.4. The Balaban J connectivity index is 0.815. The minimum Gasteiger partial charge on any atom is -0.460 e. The molecule has 3 aromatic heterocycles. The average Bonchev–Trinajstić information content (AvgIpc) is 1.58. The van der Waals surface area contributed by atoms with Crippen LogP contribution in [0.5, 0.6) is 0 Å². The second-order valence-electron chi connectivity index (χ2n) is 28.3. The number of amides is 10. The van der Waals surface area contributed by atoms with Crippen LogP contribution in [0.25, 0.3) is 39.3 Å². The normalized spacial score (nSPS) is 16.1. The van der Waals surface area contributed by atoms with Crippen molar-refractivity contribution >= 4 is 98.5 Å². The number of H-pyrrole nitrogens is 2. The van der Waals surface area contributed by atoms with Gasteiger partial charge in [-0.3, -0.25) is 58.0 Å². The molecule has 8 bridgehead atoms. The second-order valence-corrected chi connectivity index (χ2v) is 28.3. The number of imide groups is 2. The van der Waals surface area contributed by atoms with Gasteiger partial charge in [-0.1, -0.05) is 13.8 Å². The van der Waals surface area contributed by atoms with E-state index in [0.717, 1.165) is 21.6 Å². The van der Waals surface area contributed by atoms with Crippen LogP contribution < -0.4 is 27.0 Å². The number of hydrogen-bond donors (Lipinski definition) is 8. The minimum absolute atomic E-state index is 0.00290. The van der Waals surface area contributed by atoms with Crippen molar-refractivity contribution in [2.45, 2.75) is 104 Å². The topological polar surface area (TPSA) is 446 Å². The first-order valence-electron chi connectivity index (χ1n) is 40.2. The Labute approximate surface area is 681 Å². The second kappa shape index (κ2) is 49.8. The lowest BCUT2D eigenvalue weighted by atomic mass is 9.84. The van der Waals surface area contributed by atoms with Crippen LogP contribution in [0.2, 0.25) is 0 Å². The Morgan fingerprint density at radius 3 is 1.80 bits per heavy atom. The Morgan fingerprint density at radius 2 is 1.21 bits per heavy atom. The number of hydrogen-bond acceptors (Lipinski definition) is 26. The van der Waals surface area contributed by atoms with E-state index in [0.29, 0.717) is 180 Å². The van der Waals surface area contributed by atoms with Crippen LogP contribution in [0.1, 0.15) is 138 Å². The Morgan fingerprint density at radius 1 is 0.641 bits per heavy atom. The molecule has 117 heavy (non-hydrogen) atoms. The van der Waals surface area contributed by atoms with Gasteiger partial charge in [0.1, 0.15) is 18.7 Å². The number of esters is 1. The van der Waals surface area contributed by atoms with Gasteiger partial charge in [0.25, 0.3) is 23.6 Å². The molecule has 5 aliphatic rings. The predicted molar refractivity (Wildman–Crippen MR) is 429 cm³/mol. The summed E-state index contributed by atoms with van der Waals surface area (Å²) in [5.74, 6) is -5.19.